The first-order chi connectivity index (χ1) is 17.8. The summed E-state index contributed by atoms with van der Waals surface area (Å²) in [4.78, 5) is 22.5. The third-order valence-corrected chi connectivity index (χ3v) is 10.2. The van der Waals surface area contributed by atoms with E-state index in [1.54, 1.807) is 26.1 Å². The van der Waals surface area contributed by atoms with Crippen LogP contribution in [0, 0.1) is 11.8 Å². The zero-order chi connectivity index (χ0) is 27.8. The second-order valence-electron chi connectivity index (χ2n) is 10.7. The van der Waals surface area contributed by atoms with Crippen molar-refractivity contribution in [1.82, 2.24) is 14.8 Å². The van der Waals surface area contributed by atoms with E-state index in [2.05, 4.69) is 24.1 Å². The van der Waals surface area contributed by atoms with Crippen molar-refractivity contribution in [3.05, 3.63) is 40.4 Å². The number of aromatic nitrogens is 1. The Labute approximate surface area is 226 Å². The monoisotopic (exact) mass is 572 g/mol. The average Bonchev–Trinajstić information content (AvgIpc) is 3.34. The van der Waals surface area contributed by atoms with Crippen molar-refractivity contribution in [2.24, 2.45) is 11.8 Å². The van der Waals surface area contributed by atoms with Gasteiger partial charge in [-0.1, -0.05) is 32.9 Å². The van der Waals surface area contributed by atoms with E-state index >= 15 is 0 Å². The predicted octanol–water partition coefficient (Wildman–Crippen LogP) is 4.90. The number of halogens is 3. The maximum absolute atomic E-state index is 13.2. The van der Waals surface area contributed by atoms with Crippen molar-refractivity contribution in [1.29, 1.82) is 0 Å². The van der Waals surface area contributed by atoms with Crippen LogP contribution >= 0.6 is 11.3 Å². The summed E-state index contributed by atoms with van der Waals surface area (Å²) in [5, 5.41) is 3.40. The minimum atomic E-state index is -4.19. The van der Waals surface area contributed by atoms with Crippen LogP contribution in [0.2, 0.25) is 0 Å². The fourth-order valence-corrected chi connectivity index (χ4v) is 7.52. The van der Waals surface area contributed by atoms with Gasteiger partial charge in [0.2, 0.25) is 5.91 Å². The largest absolute Gasteiger partial charge is 0.404 e. The first-order valence-electron chi connectivity index (χ1n) is 12.9. The number of anilines is 1. The number of carbonyl (C=O) groups excluding carboxylic acids is 1. The summed E-state index contributed by atoms with van der Waals surface area (Å²) >= 11 is 1.44. The first-order valence-corrected chi connectivity index (χ1v) is 15.4. The summed E-state index contributed by atoms with van der Waals surface area (Å²) in [5.74, 6) is 0.203. The Morgan fingerprint density at radius 3 is 2.47 bits per heavy atom. The van der Waals surface area contributed by atoms with Crippen molar-refractivity contribution in [3.8, 4) is 0 Å². The minimum Gasteiger partial charge on any atom is -0.302 e. The molecule has 1 aromatic heterocycles. The molecule has 0 saturated carbocycles. The van der Waals surface area contributed by atoms with Gasteiger partial charge in [0.15, 0.2) is 15.0 Å². The lowest BCUT2D eigenvalue weighted by Gasteiger charge is -2.40. The van der Waals surface area contributed by atoms with Gasteiger partial charge >= 0.3 is 6.18 Å². The van der Waals surface area contributed by atoms with Crippen LogP contribution in [-0.2, 0) is 27.6 Å². The Hall–Kier alpha value is -2.02. The van der Waals surface area contributed by atoms with Gasteiger partial charge < -0.3 is 5.32 Å². The fraction of sp³-hybridized carbons (Fsp3) is 0.615. The smallest absolute Gasteiger partial charge is 0.302 e. The molecular formula is C26H35F3N4O3S2. The molecule has 1 N–H and O–H groups in total. The Morgan fingerprint density at radius 1 is 1.21 bits per heavy atom. The van der Waals surface area contributed by atoms with E-state index in [0.29, 0.717) is 36.8 Å². The number of alkyl halides is 3. The van der Waals surface area contributed by atoms with Crippen LogP contribution in [0.1, 0.15) is 55.8 Å². The maximum Gasteiger partial charge on any atom is 0.404 e. The van der Waals surface area contributed by atoms with Crippen molar-refractivity contribution < 1.29 is 26.4 Å². The molecule has 0 spiro atoms. The molecule has 210 valence electrons. The lowest BCUT2D eigenvalue weighted by Crippen LogP contribution is -2.50. The molecule has 38 heavy (non-hydrogen) atoms. The molecule has 1 aromatic carbocycles. The van der Waals surface area contributed by atoms with Gasteiger partial charge in [-0.15, -0.1) is 11.3 Å². The van der Waals surface area contributed by atoms with Crippen molar-refractivity contribution >= 4 is 32.2 Å². The quantitative estimate of drug-likeness (QED) is 0.485. The maximum atomic E-state index is 13.2. The Kier molecular flexibility index (Phi) is 8.56. The second kappa shape index (κ2) is 11.2. The summed E-state index contributed by atoms with van der Waals surface area (Å²) < 4.78 is 63.7. The SMILES string of the molecule is CCS(=O)(=O)c1ccc(CC(=O)Nc2nc3c(s2)CN(C[C@H]2CC[C@@H](C(F)(F)F)N(C)C2)C3C(C)C)cc1. The average molecular weight is 573 g/mol. The highest BCUT2D eigenvalue weighted by molar-refractivity contribution is 7.91. The number of rotatable bonds is 8. The van der Waals surface area contributed by atoms with E-state index in [9.17, 15) is 26.4 Å². The molecular weight excluding hydrogens is 537 g/mol. The van der Waals surface area contributed by atoms with Crippen LogP contribution < -0.4 is 5.32 Å². The molecule has 1 saturated heterocycles. The highest BCUT2D eigenvalue weighted by atomic mass is 32.2. The van der Waals surface area contributed by atoms with Crippen molar-refractivity contribution in [3.63, 3.8) is 0 Å². The molecule has 3 heterocycles. The second-order valence-corrected chi connectivity index (χ2v) is 14.0. The van der Waals surface area contributed by atoms with Crippen LogP contribution in [0.15, 0.2) is 29.2 Å². The van der Waals surface area contributed by atoms with E-state index in [0.717, 1.165) is 10.6 Å². The molecule has 2 aliphatic rings. The van der Waals surface area contributed by atoms with Crippen LogP contribution in [0.25, 0.3) is 0 Å². The van der Waals surface area contributed by atoms with E-state index in [4.69, 9.17) is 4.98 Å². The molecule has 12 heteroatoms. The zero-order valence-electron chi connectivity index (χ0n) is 22.1. The minimum absolute atomic E-state index is 0.0204. The van der Waals surface area contributed by atoms with E-state index < -0.39 is 22.1 Å². The Morgan fingerprint density at radius 2 is 1.89 bits per heavy atom. The number of amides is 1. The molecule has 0 bridgehead atoms. The van der Waals surface area contributed by atoms with Gasteiger partial charge in [-0.25, -0.2) is 13.4 Å². The molecule has 0 aliphatic carbocycles. The number of likely N-dealkylation sites (tertiary alicyclic amines) is 1. The van der Waals surface area contributed by atoms with Gasteiger partial charge in [0.25, 0.3) is 0 Å². The first kappa shape index (κ1) is 29.0. The van der Waals surface area contributed by atoms with Gasteiger partial charge in [0, 0.05) is 24.5 Å². The lowest BCUT2D eigenvalue weighted by molar-refractivity contribution is -0.191. The number of nitrogens with zero attached hydrogens (tertiary/aromatic N) is 3. The molecule has 2 aromatic rings. The number of benzene rings is 1. The van der Waals surface area contributed by atoms with E-state index in [1.165, 1.54) is 28.4 Å². The van der Waals surface area contributed by atoms with Crippen LogP contribution in [0.5, 0.6) is 0 Å². The number of piperidine rings is 1. The Balaban J connectivity index is 1.37. The van der Waals surface area contributed by atoms with E-state index in [1.807, 2.05) is 0 Å². The number of fused-ring (bicyclic) bond motifs is 1. The number of hydrogen-bond acceptors (Lipinski definition) is 7. The molecule has 1 fully saturated rings. The van der Waals surface area contributed by atoms with Crippen molar-refractivity contribution in [2.45, 2.75) is 69.7 Å². The number of nitrogens with one attached hydrogen (secondary N) is 1. The fourth-order valence-electron chi connectivity index (χ4n) is 5.60. The van der Waals surface area contributed by atoms with E-state index in [-0.39, 0.29) is 47.3 Å². The predicted molar refractivity (Wildman–Crippen MR) is 142 cm³/mol. The number of sulfone groups is 1. The normalized spacial score (nSPS) is 23.1. The molecule has 3 atom stereocenters. The summed E-state index contributed by atoms with van der Waals surface area (Å²) in [6.45, 7) is 7.61. The zero-order valence-corrected chi connectivity index (χ0v) is 23.7. The van der Waals surface area contributed by atoms with Gasteiger partial charge in [-0.05, 0) is 49.4 Å². The summed E-state index contributed by atoms with van der Waals surface area (Å²) in [5.41, 5.74) is 1.64. The Bertz CT molecular complexity index is 1250. The molecule has 0 radical (unpaired) electrons. The van der Waals surface area contributed by atoms with Crippen LogP contribution in [0.4, 0.5) is 18.3 Å². The van der Waals surface area contributed by atoms with Gasteiger partial charge in [0.05, 0.1) is 28.8 Å². The summed E-state index contributed by atoms with van der Waals surface area (Å²) in [7, 11) is -1.73. The van der Waals surface area contributed by atoms with Crippen LogP contribution in [-0.4, -0.2) is 67.2 Å². The number of hydrogen-bond donors (Lipinski definition) is 1. The third-order valence-electron chi connectivity index (χ3n) is 7.45. The standard InChI is InChI=1S/C26H35F3N4O3S2/c1-5-38(35,36)19-9-6-17(7-10-19)12-22(34)30-25-31-23-20(37-25)15-33(24(23)16(2)3)14-18-8-11-21(26(27,28)29)32(4)13-18/h6-7,9-10,16,18,21,24H,5,8,11-15H2,1-4H3,(H,30,31,34)/t18-,21-,24?/m0/s1. The number of thiazole rings is 1. The highest BCUT2D eigenvalue weighted by Gasteiger charge is 2.45. The molecule has 7 nitrogen and oxygen atoms in total. The third kappa shape index (κ3) is 6.40. The molecule has 1 amide bonds. The number of carbonyl (C=O) groups is 1. The van der Waals surface area contributed by atoms with Gasteiger partial charge in [-0.3, -0.25) is 14.6 Å². The highest BCUT2D eigenvalue weighted by Crippen LogP contribution is 2.43. The van der Waals surface area contributed by atoms with Gasteiger partial charge in [0.1, 0.15) is 6.04 Å². The summed E-state index contributed by atoms with van der Waals surface area (Å²) in [6.07, 6.45) is -3.42. The van der Waals surface area contributed by atoms with Gasteiger partial charge in [-0.2, -0.15) is 13.2 Å². The topological polar surface area (TPSA) is 82.6 Å². The lowest BCUT2D eigenvalue weighted by atomic mass is 9.91. The molecule has 2 aliphatic heterocycles. The van der Waals surface area contributed by atoms with Crippen molar-refractivity contribution in [2.75, 3.05) is 31.2 Å². The van der Waals surface area contributed by atoms with Crippen LogP contribution in [0.3, 0.4) is 0 Å². The molecule has 4 rings (SSSR count). The summed E-state index contributed by atoms with van der Waals surface area (Å²) in [6, 6.07) is 5.02. The molecule has 1 unspecified atom stereocenters.